The number of benzene rings is 1. The highest BCUT2D eigenvalue weighted by Crippen LogP contribution is 2.24. The Bertz CT molecular complexity index is 758. The number of aryl methyl sites for hydroxylation is 2. The summed E-state index contributed by atoms with van der Waals surface area (Å²) in [6.07, 6.45) is 0. The summed E-state index contributed by atoms with van der Waals surface area (Å²) in [5.41, 5.74) is 4.27. The van der Waals surface area contributed by atoms with Crippen molar-refractivity contribution in [2.24, 2.45) is 7.05 Å². The van der Waals surface area contributed by atoms with Crippen molar-refractivity contribution in [2.75, 3.05) is 0 Å². The molecule has 0 aliphatic rings. The Kier molecular flexibility index (Phi) is 3.72. The maximum atomic E-state index is 6.08. The lowest BCUT2D eigenvalue weighted by Crippen LogP contribution is -2.11. The topological polar surface area (TPSA) is 35.6 Å². The van der Waals surface area contributed by atoms with Crippen molar-refractivity contribution in [3.63, 3.8) is 0 Å². The molecular formula is C16H19ClN4. The Morgan fingerprint density at radius 1 is 1.24 bits per heavy atom. The van der Waals surface area contributed by atoms with Gasteiger partial charge in [-0.2, -0.15) is 5.10 Å². The van der Waals surface area contributed by atoms with E-state index in [0.29, 0.717) is 11.8 Å². The zero-order valence-corrected chi connectivity index (χ0v) is 13.3. The lowest BCUT2D eigenvalue weighted by molar-refractivity contribution is 0.579. The van der Waals surface area contributed by atoms with Crippen molar-refractivity contribution in [2.45, 2.75) is 32.2 Å². The van der Waals surface area contributed by atoms with Gasteiger partial charge in [0.25, 0.3) is 0 Å². The number of imidazole rings is 1. The number of hydrogen-bond donors (Lipinski definition) is 0. The van der Waals surface area contributed by atoms with Gasteiger partial charge in [0.05, 0.1) is 11.6 Å². The van der Waals surface area contributed by atoms with Crippen LogP contribution in [0.3, 0.4) is 0 Å². The molecule has 5 heteroatoms. The molecule has 0 saturated carbocycles. The maximum Gasteiger partial charge on any atom is 0.158 e. The predicted molar refractivity (Wildman–Crippen MR) is 85.7 cm³/mol. The molecule has 0 fully saturated rings. The summed E-state index contributed by atoms with van der Waals surface area (Å²) in [7, 11) is 1.96. The zero-order chi connectivity index (χ0) is 15.0. The van der Waals surface area contributed by atoms with Gasteiger partial charge in [0.2, 0.25) is 0 Å². The van der Waals surface area contributed by atoms with Crippen molar-refractivity contribution in [3.8, 4) is 0 Å². The van der Waals surface area contributed by atoms with E-state index in [4.69, 9.17) is 11.6 Å². The lowest BCUT2D eigenvalue weighted by Gasteiger charge is -2.15. The largest absolute Gasteiger partial charge is 0.311 e. The minimum Gasteiger partial charge on any atom is -0.311 e. The van der Waals surface area contributed by atoms with E-state index >= 15 is 0 Å². The fourth-order valence-electron chi connectivity index (χ4n) is 2.83. The third-order valence-corrected chi connectivity index (χ3v) is 4.15. The van der Waals surface area contributed by atoms with E-state index in [2.05, 4.69) is 45.8 Å². The van der Waals surface area contributed by atoms with Gasteiger partial charge >= 0.3 is 0 Å². The second-order valence-corrected chi connectivity index (χ2v) is 5.73. The number of hydrogen-bond acceptors (Lipinski definition) is 2. The van der Waals surface area contributed by atoms with Crippen LogP contribution < -0.4 is 0 Å². The van der Waals surface area contributed by atoms with Crippen LogP contribution in [0.1, 0.15) is 29.9 Å². The normalized spacial score (nSPS) is 13.0. The molecule has 0 aliphatic carbocycles. The highest BCUT2D eigenvalue weighted by atomic mass is 35.5. The van der Waals surface area contributed by atoms with Crippen LogP contribution in [0.25, 0.3) is 11.2 Å². The predicted octanol–water partition coefficient (Wildman–Crippen LogP) is 3.62. The standard InChI is InChI=1S/C16H19ClN4/c1-11(13-7-5-4-6-8-13)10-21-14(9-17)18-15-12(2)19-20(3)16(15)21/h4-8,11H,9-10H2,1-3H3. The number of halogens is 1. The first kappa shape index (κ1) is 14.1. The van der Waals surface area contributed by atoms with Crippen LogP contribution in [0.5, 0.6) is 0 Å². The van der Waals surface area contributed by atoms with Gasteiger partial charge in [0, 0.05) is 13.6 Å². The van der Waals surface area contributed by atoms with Crippen molar-refractivity contribution in [1.29, 1.82) is 0 Å². The highest BCUT2D eigenvalue weighted by Gasteiger charge is 2.18. The molecule has 21 heavy (non-hydrogen) atoms. The second kappa shape index (κ2) is 5.53. The Morgan fingerprint density at radius 2 is 1.95 bits per heavy atom. The number of fused-ring (bicyclic) bond motifs is 1. The lowest BCUT2D eigenvalue weighted by atomic mass is 10.0. The zero-order valence-electron chi connectivity index (χ0n) is 12.5. The molecule has 1 aromatic carbocycles. The number of alkyl halides is 1. The van der Waals surface area contributed by atoms with Crippen LogP contribution in [0.4, 0.5) is 0 Å². The van der Waals surface area contributed by atoms with Crippen LogP contribution in [0.2, 0.25) is 0 Å². The molecule has 1 unspecified atom stereocenters. The summed E-state index contributed by atoms with van der Waals surface area (Å²) < 4.78 is 4.09. The summed E-state index contributed by atoms with van der Waals surface area (Å²) in [5.74, 6) is 1.71. The fraction of sp³-hybridized carbons (Fsp3) is 0.375. The van der Waals surface area contributed by atoms with E-state index in [0.717, 1.165) is 29.2 Å². The van der Waals surface area contributed by atoms with Crippen LogP contribution in [-0.4, -0.2) is 19.3 Å². The molecule has 0 aliphatic heterocycles. The van der Waals surface area contributed by atoms with E-state index < -0.39 is 0 Å². The van der Waals surface area contributed by atoms with E-state index in [9.17, 15) is 0 Å². The van der Waals surface area contributed by atoms with Gasteiger partial charge in [-0.15, -0.1) is 11.6 Å². The third-order valence-electron chi connectivity index (χ3n) is 3.91. The number of nitrogens with zero attached hydrogens (tertiary/aromatic N) is 4. The van der Waals surface area contributed by atoms with Crippen LogP contribution in [0.15, 0.2) is 30.3 Å². The third kappa shape index (κ3) is 2.44. The molecule has 3 rings (SSSR count). The molecule has 0 saturated heterocycles. The molecule has 110 valence electrons. The summed E-state index contributed by atoms with van der Waals surface area (Å²) in [6, 6.07) is 10.5. The quantitative estimate of drug-likeness (QED) is 0.690. The van der Waals surface area contributed by atoms with E-state index in [1.165, 1.54) is 5.56 Å². The average molecular weight is 303 g/mol. The molecule has 1 atom stereocenters. The molecule has 2 heterocycles. The van der Waals surface area contributed by atoms with Crippen molar-refractivity contribution in [3.05, 3.63) is 47.4 Å². The molecule has 2 aromatic heterocycles. The van der Waals surface area contributed by atoms with E-state index in [1.807, 2.05) is 24.7 Å². The van der Waals surface area contributed by atoms with Crippen LogP contribution >= 0.6 is 11.6 Å². The molecule has 3 aromatic rings. The summed E-state index contributed by atoms with van der Waals surface area (Å²) in [6.45, 7) is 5.06. The fourth-order valence-corrected chi connectivity index (χ4v) is 3.04. The SMILES string of the molecule is Cc1nn(C)c2c1nc(CCl)n2CC(C)c1ccccc1. The molecule has 0 bridgehead atoms. The molecule has 0 spiro atoms. The van der Waals surface area contributed by atoms with Gasteiger partial charge in [-0.1, -0.05) is 37.3 Å². The van der Waals surface area contributed by atoms with Gasteiger partial charge < -0.3 is 4.57 Å². The first-order valence-corrected chi connectivity index (χ1v) is 7.65. The van der Waals surface area contributed by atoms with Gasteiger partial charge in [0.1, 0.15) is 11.3 Å². The Morgan fingerprint density at radius 3 is 2.62 bits per heavy atom. The van der Waals surface area contributed by atoms with Crippen molar-refractivity contribution in [1.82, 2.24) is 19.3 Å². The second-order valence-electron chi connectivity index (χ2n) is 5.47. The van der Waals surface area contributed by atoms with Gasteiger partial charge in [-0.3, -0.25) is 4.68 Å². The Hall–Kier alpha value is -1.81. The van der Waals surface area contributed by atoms with Crippen LogP contribution in [-0.2, 0) is 19.5 Å². The monoisotopic (exact) mass is 302 g/mol. The summed E-state index contributed by atoms with van der Waals surface area (Å²) in [4.78, 5) is 4.65. The van der Waals surface area contributed by atoms with E-state index in [-0.39, 0.29) is 0 Å². The molecule has 0 N–H and O–H groups in total. The number of rotatable bonds is 4. The van der Waals surface area contributed by atoms with Gasteiger partial charge in [-0.05, 0) is 18.4 Å². The molecule has 0 radical (unpaired) electrons. The minimum atomic E-state index is 0.390. The maximum absolute atomic E-state index is 6.08. The Labute approximate surface area is 129 Å². The van der Waals surface area contributed by atoms with Crippen LogP contribution in [0, 0.1) is 6.92 Å². The first-order valence-electron chi connectivity index (χ1n) is 7.11. The van der Waals surface area contributed by atoms with E-state index in [1.54, 1.807) is 0 Å². The van der Waals surface area contributed by atoms with Crippen molar-refractivity contribution < 1.29 is 0 Å². The molecular weight excluding hydrogens is 284 g/mol. The van der Waals surface area contributed by atoms with Crippen molar-refractivity contribution >= 4 is 22.8 Å². The smallest absolute Gasteiger partial charge is 0.158 e. The average Bonchev–Trinajstić information content (AvgIpc) is 2.99. The molecule has 0 amide bonds. The van der Waals surface area contributed by atoms with Gasteiger partial charge in [0.15, 0.2) is 5.65 Å². The minimum absolute atomic E-state index is 0.390. The Balaban J connectivity index is 2.03. The van der Waals surface area contributed by atoms with Gasteiger partial charge in [-0.25, -0.2) is 4.98 Å². The summed E-state index contributed by atoms with van der Waals surface area (Å²) in [5, 5.41) is 4.46. The first-order chi connectivity index (χ1) is 10.1. The molecule has 4 nitrogen and oxygen atoms in total. The highest BCUT2D eigenvalue weighted by molar-refractivity contribution is 6.16. The summed E-state index contributed by atoms with van der Waals surface area (Å²) >= 11 is 6.08. The number of aromatic nitrogens is 4.